The number of unbranched alkanes of at least 4 members (excludes halogenated alkanes) is 1. The fourth-order valence-corrected chi connectivity index (χ4v) is 1.85. The molecule has 0 N–H and O–H groups in total. The third-order valence-corrected chi connectivity index (χ3v) is 2.87. The molecule has 0 bridgehead atoms. The molecule has 0 fully saturated rings. The zero-order valence-corrected chi connectivity index (χ0v) is 8.74. The van der Waals surface area contributed by atoms with Gasteiger partial charge in [0.1, 0.15) is 0 Å². The predicted octanol–water partition coefficient (Wildman–Crippen LogP) is 3.74. The van der Waals surface area contributed by atoms with Crippen LogP contribution in [0.25, 0.3) is 0 Å². The third-order valence-electron chi connectivity index (χ3n) is 1.52. The molecule has 0 unspecified atom stereocenters. The summed E-state index contributed by atoms with van der Waals surface area (Å²) in [6.07, 6.45) is 1.59. The number of hydrogen-bond acceptors (Lipinski definition) is 2. The molecule has 0 saturated carbocycles. The normalized spacial score (nSPS) is 9.54. The first-order valence-electron chi connectivity index (χ1n) is 4.08. The van der Waals surface area contributed by atoms with Crippen LogP contribution in [0.5, 0.6) is 0 Å². The van der Waals surface area contributed by atoms with Gasteiger partial charge >= 0.3 is 0 Å². The molecule has 0 aliphatic carbocycles. The lowest BCUT2D eigenvalue weighted by atomic mass is 10.4. The van der Waals surface area contributed by atoms with E-state index in [1.54, 1.807) is 11.8 Å². The minimum absolute atomic E-state index is 0.639. The molecule has 13 heavy (non-hydrogen) atoms. The van der Waals surface area contributed by atoms with Crippen LogP contribution in [0.1, 0.15) is 12.8 Å². The van der Waals surface area contributed by atoms with E-state index in [0.717, 1.165) is 17.2 Å². The number of hydrogen-bond donors (Lipinski definition) is 0. The molecule has 1 nitrogen and oxygen atoms in total. The maximum atomic E-state index is 8.32. The predicted molar refractivity (Wildman–Crippen MR) is 57.0 cm³/mol. The lowest BCUT2D eigenvalue weighted by molar-refractivity contribution is 0.981. The highest BCUT2D eigenvalue weighted by molar-refractivity contribution is 7.99. The van der Waals surface area contributed by atoms with Crippen molar-refractivity contribution in [1.29, 1.82) is 5.26 Å². The van der Waals surface area contributed by atoms with Crippen molar-refractivity contribution >= 4 is 23.4 Å². The van der Waals surface area contributed by atoms with Crippen molar-refractivity contribution in [2.45, 2.75) is 17.7 Å². The first-order valence-corrected chi connectivity index (χ1v) is 5.44. The molecule has 0 heterocycles. The van der Waals surface area contributed by atoms with E-state index in [1.807, 2.05) is 24.3 Å². The van der Waals surface area contributed by atoms with Crippen molar-refractivity contribution in [1.82, 2.24) is 0 Å². The Morgan fingerprint density at radius 3 is 2.62 bits per heavy atom. The second-order valence-corrected chi connectivity index (χ2v) is 4.17. The summed E-state index contributed by atoms with van der Waals surface area (Å²) in [5.41, 5.74) is 0. The summed E-state index contributed by atoms with van der Waals surface area (Å²) in [6, 6.07) is 9.89. The van der Waals surface area contributed by atoms with E-state index >= 15 is 0 Å². The van der Waals surface area contributed by atoms with Crippen molar-refractivity contribution in [2.75, 3.05) is 5.75 Å². The average molecular weight is 212 g/mol. The van der Waals surface area contributed by atoms with Gasteiger partial charge in [-0.2, -0.15) is 5.26 Å². The van der Waals surface area contributed by atoms with E-state index in [1.165, 1.54) is 4.90 Å². The van der Waals surface area contributed by atoms with Gasteiger partial charge < -0.3 is 0 Å². The summed E-state index contributed by atoms with van der Waals surface area (Å²) in [4.78, 5) is 1.21. The maximum absolute atomic E-state index is 8.32. The van der Waals surface area contributed by atoms with Crippen molar-refractivity contribution in [3.63, 3.8) is 0 Å². The van der Waals surface area contributed by atoms with Crippen LogP contribution >= 0.6 is 23.4 Å². The highest BCUT2D eigenvalue weighted by Gasteiger charge is 1.93. The van der Waals surface area contributed by atoms with Crippen LogP contribution in [0, 0.1) is 11.3 Å². The van der Waals surface area contributed by atoms with E-state index < -0.39 is 0 Å². The van der Waals surface area contributed by atoms with Crippen LogP contribution < -0.4 is 0 Å². The molecule has 1 rings (SSSR count). The molecule has 0 aliphatic rings. The summed E-state index contributed by atoms with van der Waals surface area (Å²) in [5.74, 6) is 0.995. The van der Waals surface area contributed by atoms with Crippen molar-refractivity contribution in [3.8, 4) is 6.07 Å². The summed E-state index contributed by atoms with van der Waals surface area (Å²) in [6.45, 7) is 0. The zero-order chi connectivity index (χ0) is 9.52. The Morgan fingerprint density at radius 1 is 1.31 bits per heavy atom. The van der Waals surface area contributed by atoms with Crippen molar-refractivity contribution in [3.05, 3.63) is 29.3 Å². The van der Waals surface area contributed by atoms with Gasteiger partial charge in [-0.1, -0.05) is 11.6 Å². The number of rotatable bonds is 4. The first-order chi connectivity index (χ1) is 6.33. The number of nitrogens with zero attached hydrogens (tertiary/aromatic N) is 1. The third kappa shape index (κ3) is 4.21. The molecule has 1 aromatic rings. The van der Waals surface area contributed by atoms with Gasteiger partial charge in [-0.25, -0.2) is 0 Å². The fourth-order valence-electron chi connectivity index (χ4n) is 0.872. The standard InChI is InChI=1S/C10H10ClNS/c11-9-3-5-10(6-4-9)13-8-2-1-7-12/h3-6H,1-2,8H2. The van der Waals surface area contributed by atoms with Crippen molar-refractivity contribution < 1.29 is 0 Å². The van der Waals surface area contributed by atoms with Crippen LogP contribution in [0.2, 0.25) is 5.02 Å². The first kappa shape index (κ1) is 10.4. The van der Waals surface area contributed by atoms with Crippen LogP contribution in [0.4, 0.5) is 0 Å². The Labute approximate surface area is 87.7 Å². The molecule has 1 aromatic carbocycles. The van der Waals surface area contributed by atoms with Gasteiger partial charge in [0.2, 0.25) is 0 Å². The SMILES string of the molecule is N#CCCCSc1ccc(Cl)cc1. The van der Waals surface area contributed by atoms with Gasteiger partial charge in [0, 0.05) is 16.3 Å². The van der Waals surface area contributed by atoms with Crippen molar-refractivity contribution in [2.24, 2.45) is 0 Å². The Hall–Kier alpha value is -0.650. The highest BCUT2D eigenvalue weighted by atomic mass is 35.5. The Balaban J connectivity index is 2.30. The second-order valence-electron chi connectivity index (χ2n) is 2.56. The van der Waals surface area contributed by atoms with Gasteiger partial charge in [-0.15, -0.1) is 11.8 Å². The van der Waals surface area contributed by atoms with Gasteiger partial charge in [-0.05, 0) is 36.4 Å². The minimum atomic E-state index is 0.639. The highest BCUT2D eigenvalue weighted by Crippen LogP contribution is 2.21. The summed E-state index contributed by atoms with van der Waals surface area (Å²) >= 11 is 7.50. The number of benzene rings is 1. The van der Waals surface area contributed by atoms with Gasteiger partial charge in [0.25, 0.3) is 0 Å². The van der Waals surface area contributed by atoms with Crippen LogP contribution in [0.3, 0.4) is 0 Å². The maximum Gasteiger partial charge on any atom is 0.0622 e. The fraction of sp³-hybridized carbons (Fsp3) is 0.300. The molecule has 0 atom stereocenters. The van der Waals surface area contributed by atoms with Crippen LogP contribution in [-0.2, 0) is 0 Å². The topological polar surface area (TPSA) is 23.8 Å². The Kier molecular flexibility index (Phi) is 4.74. The van der Waals surface area contributed by atoms with Gasteiger partial charge in [-0.3, -0.25) is 0 Å². The molecule has 0 radical (unpaired) electrons. The Bertz CT molecular complexity index is 289. The lowest BCUT2D eigenvalue weighted by Gasteiger charge is -1.98. The molecule has 0 aliphatic heterocycles. The number of halogens is 1. The van der Waals surface area contributed by atoms with Gasteiger partial charge in [0.05, 0.1) is 6.07 Å². The molecular formula is C10H10ClNS. The monoisotopic (exact) mass is 211 g/mol. The molecular weight excluding hydrogens is 202 g/mol. The molecule has 0 amide bonds. The van der Waals surface area contributed by atoms with E-state index in [-0.39, 0.29) is 0 Å². The minimum Gasteiger partial charge on any atom is -0.198 e. The Morgan fingerprint density at radius 2 is 2.00 bits per heavy atom. The van der Waals surface area contributed by atoms with E-state index in [0.29, 0.717) is 6.42 Å². The number of nitriles is 1. The molecule has 68 valence electrons. The summed E-state index contributed by atoms with van der Waals surface area (Å²) in [5, 5.41) is 9.09. The zero-order valence-electron chi connectivity index (χ0n) is 7.16. The van der Waals surface area contributed by atoms with E-state index in [2.05, 4.69) is 6.07 Å². The largest absolute Gasteiger partial charge is 0.198 e. The molecule has 0 spiro atoms. The lowest BCUT2D eigenvalue weighted by Crippen LogP contribution is -1.78. The van der Waals surface area contributed by atoms with Crippen LogP contribution in [-0.4, -0.2) is 5.75 Å². The summed E-state index contributed by atoms with van der Waals surface area (Å²) < 4.78 is 0. The quantitative estimate of drug-likeness (QED) is 0.560. The average Bonchev–Trinajstić information content (AvgIpc) is 2.15. The van der Waals surface area contributed by atoms with E-state index in [9.17, 15) is 0 Å². The smallest absolute Gasteiger partial charge is 0.0622 e. The molecule has 0 saturated heterocycles. The van der Waals surface area contributed by atoms with Crippen LogP contribution in [0.15, 0.2) is 29.2 Å². The second kappa shape index (κ2) is 5.90. The van der Waals surface area contributed by atoms with E-state index in [4.69, 9.17) is 16.9 Å². The summed E-state index contributed by atoms with van der Waals surface area (Å²) in [7, 11) is 0. The molecule has 0 aromatic heterocycles. The van der Waals surface area contributed by atoms with Gasteiger partial charge in [0.15, 0.2) is 0 Å². The molecule has 3 heteroatoms. The number of thioether (sulfide) groups is 1.